The van der Waals surface area contributed by atoms with Crippen LogP contribution in [-0.4, -0.2) is 0 Å². The van der Waals surface area contributed by atoms with Gasteiger partial charge in [-0.1, -0.05) is 36.4 Å². The zero-order valence-electron chi connectivity index (χ0n) is 9.33. The van der Waals surface area contributed by atoms with Gasteiger partial charge in [0.1, 0.15) is 0 Å². The molecule has 0 bridgehead atoms. The van der Waals surface area contributed by atoms with Crippen LogP contribution < -0.4 is 5.32 Å². The van der Waals surface area contributed by atoms with Crippen LogP contribution in [0.1, 0.15) is 13.8 Å². The van der Waals surface area contributed by atoms with Gasteiger partial charge in [0, 0.05) is 11.4 Å². The lowest BCUT2D eigenvalue weighted by Gasteiger charge is -2.07. The number of hydrogen-bond acceptors (Lipinski definition) is 1. The summed E-state index contributed by atoms with van der Waals surface area (Å²) < 4.78 is 0. The Morgan fingerprint density at radius 2 is 1.93 bits per heavy atom. The summed E-state index contributed by atoms with van der Waals surface area (Å²) in [6.07, 6.45) is 6.05. The fourth-order valence-electron chi connectivity index (χ4n) is 1.26. The summed E-state index contributed by atoms with van der Waals surface area (Å²) in [6.45, 7) is 7.85. The molecule has 1 nitrogen and oxygen atoms in total. The van der Waals surface area contributed by atoms with Gasteiger partial charge in [-0.3, -0.25) is 0 Å². The first-order chi connectivity index (χ1) is 7.22. The van der Waals surface area contributed by atoms with E-state index in [1.165, 1.54) is 0 Å². The van der Waals surface area contributed by atoms with Crippen molar-refractivity contribution in [2.45, 2.75) is 13.8 Å². The third-order valence-corrected chi connectivity index (χ3v) is 1.81. The Bertz CT molecular complexity index is 372. The maximum atomic E-state index is 3.87. The normalized spacial score (nSPS) is 11.7. The number of anilines is 1. The summed E-state index contributed by atoms with van der Waals surface area (Å²) in [7, 11) is 0. The molecule has 0 spiro atoms. The van der Waals surface area contributed by atoms with Gasteiger partial charge in [0.15, 0.2) is 0 Å². The van der Waals surface area contributed by atoms with Crippen LogP contribution in [0.2, 0.25) is 0 Å². The average Bonchev–Trinajstić information content (AvgIpc) is 2.18. The Hall–Kier alpha value is -1.76. The molecule has 1 rings (SSSR count). The van der Waals surface area contributed by atoms with E-state index in [1.807, 2.05) is 62.4 Å². The monoisotopic (exact) mass is 199 g/mol. The van der Waals surface area contributed by atoms with Crippen LogP contribution in [0, 0.1) is 0 Å². The quantitative estimate of drug-likeness (QED) is 0.719. The van der Waals surface area contributed by atoms with E-state index >= 15 is 0 Å². The van der Waals surface area contributed by atoms with Crippen molar-refractivity contribution in [1.82, 2.24) is 0 Å². The fraction of sp³-hybridized carbons (Fsp3) is 0.143. The molecular formula is C14H17N. The van der Waals surface area contributed by atoms with Crippen LogP contribution in [0.15, 0.2) is 66.4 Å². The lowest BCUT2D eigenvalue weighted by molar-refractivity contribution is 1.42. The number of rotatable bonds is 4. The lowest BCUT2D eigenvalue weighted by atomic mass is 10.2. The van der Waals surface area contributed by atoms with Crippen LogP contribution in [0.3, 0.4) is 0 Å². The van der Waals surface area contributed by atoms with Crippen LogP contribution >= 0.6 is 0 Å². The summed E-state index contributed by atoms with van der Waals surface area (Å²) in [5, 5.41) is 3.32. The molecule has 0 radical (unpaired) electrons. The second-order valence-electron chi connectivity index (χ2n) is 3.44. The minimum atomic E-state index is 1.03. The average molecular weight is 199 g/mol. The fourth-order valence-corrected chi connectivity index (χ4v) is 1.26. The molecule has 1 aromatic carbocycles. The summed E-state index contributed by atoms with van der Waals surface area (Å²) >= 11 is 0. The third-order valence-electron chi connectivity index (χ3n) is 1.81. The smallest absolute Gasteiger partial charge is 0.0384 e. The zero-order chi connectivity index (χ0) is 11.1. The molecule has 0 unspecified atom stereocenters. The standard InChI is InChI=1S/C14H17N/c1-4-8-14(11-12(2)3)15-13-9-6-5-7-10-13/h4-11,15H,2H2,1,3H3/b8-4-,14-11+. The summed E-state index contributed by atoms with van der Waals surface area (Å²) in [6, 6.07) is 10.1. The van der Waals surface area contributed by atoms with E-state index in [-0.39, 0.29) is 0 Å². The highest BCUT2D eigenvalue weighted by Crippen LogP contribution is 2.11. The second-order valence-corrected chi connectivity index (χ2v) is 3.44. The number of nitrogens with one attached hydrogen (secondary N) is 1. The number of hydrogen-bond donors (Lipinski definition) is 1. The molecule has 0 aliphatic heterocycles. The Labute approximate surface area is 91.8 Å². The van der Waals surface area contributed by atoms with Crippen LogP contribution in [-0.2, 0) is 0 Å². The Kier molecular flexibility index (Phi) is 4.42. The van der Waals surface area contributed by atoms with E-state index in [2.05, 4.69) is 11.9 Å². The molecular weight excluding hydrogens is 182 g/mol. The van der Waals surface area contributed by atoms with E-state index in [0.29, 0.717) is 0 Å². The minimum absolute atomic E-state index is 1.03. The van der Waals surface area contributed by atoms with Gasteiger partial charge in [-0.25, -0.2) is 0 Å². The van der Waals surface area contributed by atoms with E-state index in [1.54, 1.807) is 0 Å². The Morgan fingerprint density at radius 1 is 1.27 bits per heavy atom. The van der Waals surface area contributed by atoms with Crippen molar-refractivity contribution < 1.29 is 0 Å². The van der Waals surface area contributed by atoms with Crippen molar-refractivity contribution in [1.29, 1.82) is 0 Å². The Morgan fingerprint density at radius 3 is 2.47 bits per heavy atom. The van der Waals surface area contributed by atoms with Gasteiger partial charge in [-0.15, -0.1) is 0 Å². The van der Waals surface area contributed by atoms with Crippen molar-refractivity contribution in [3.05, 3.63) is 66.4 Å². The number of para-hydroxylation sites is 1. The second kappa shape index (κ2) is 5.86. The topological polar surface area (TPSA) is 12.0 Å². The van der Waals surface area contributed by atoms with Gasteiger partial charge in [-0.2, -0.15) is 0 Å². The molecule has 0 aromatic heterocycles. The highest BCUT2D eigenvalue weighted by molar-refractivity contribution is 5.51. The molecule has 0 saturated carbocycles. The van der Waals surface area contributed by atoms with Crippen molar-refractivity contribution >= 4 is 5.69 Å². The summed E-state index contributed by atoms with van der Waals surface area (Å²) in [5.41, 5.74) is 3.17. The zero-order valence-corrected chi connectivity index (χ0v) is 9.33. The first-order valence-electron chi connectivity index (χ1n) is 5.04. The van der Waals surface area contributed by atoms with Gasteiger partial charge in [-0.05, 0) is 38.1 Å². The third kappa shape index (κ3) is 4.32. The molecule has 0 amide bonds. The van der Waals surface area contributed by atoms with E-state index < -0.39 is 0 Å². The molecule has 0 aliphatic rings. The molecule has 78 valence electrons. The molecule has 0 heterocycles. The minimum Gasteiger partial charge on any atom is -0.356 e. The number of benzene rings is 1. The van der Waals surface area contributed by atoms with Crippen molar-refractivity contribution in [2.24, 2.45) is 0 Å². The van der Waals surface area contributed by atoms with E-state index in [9.17, 15) is 0 Å². The predicted octanol–water partition coefficient (Wildman–Crippen LogP) is 4.13. The van der Waals surface area contributed by atoms with Gasteiger partial charge in [0.05, 0.1) is 0 Å². The van der Waals surface area contributed by atoms with Crippen LogP contribution in [0.25, 0.3) is 0 Å². The SMILES string of the molecule is C=C(C)/C=C(\C=C/C)Nc1ccccc1. The lowest BCUT2D eigenvalue weighted by Crippen LogP contribution is -1.96. The van der Waals surface area contributed by atoms with Crippen LogP contribution in [0.4, 0.5) is 5.69 Å². The van der Waals surface area contributed by atoms with Gasteiger partial charge in [0.2, 0.25) is 0 Å². The highest BCUT2D eigenvalue weighted by Gasteiger charge is 1.92. The molecule has 1 heteroatoms. The molecule has 1 N–H and O–H groups in total. The maximum Gasteiger partial charge on any atom is 0.0384 e. The maximum absolute atomic E-state index is 3.87. The summed E-state index contributed by atoms with van der Waals surface area (Å²) in [5.74, 6) is 0. The van der Waals surface area contributed by atoms with E-state index in [0.717, 1.165) is 17.0 Å². The largest absolute Gasteiger partial charge is 0.356 e. The molecule has 0 fully saturated rings. The molecule has 0 saturated heterocycles. The van der Waals surface area contributed by atoms with Crippen molar-refractivity contribution in [2.75, 3.05) is 5.32 Å². The van der Waals surface area contributed by atoms with Crippen molar-refractivity contribution in [3.8, 4) is 0 Å². The summed E-state index contributed by atoms with van der Waals surface area (Å²) in [4.78, 5) is 0. The van der Waals surface area contributed by atoms with Crippen LogP contribution in [0.5, 0.6) is 0 Å². The van der Waals surface area contributed by atoms with Gasteiger partial charge >= 0.3 is 0 Å². The van der Waals surface area contributed by atoms with Gasteiger partial charge < -0.3 is 5.32 Å². The first-order valence-corrected chi connectivity index (χ1v) is 5.04. The highest BCUT2D eigenvalue weighted by atomic mass is 14.9. The number of allylic oxidation sites excluding steroid dienone is 4. The molecule has 0 atom stereocenters. The van der Waals surface area contributed by atoms with Crippen molar-refractivity contribution in [3.63, 3.8) is 0 Å². The van der Waals surface area contributed by atoms with E-state index in [4.69, 9.17) is 0 Å². The molecule has 0 aliphatic carbocycles. The predicted molar refractivity (Wildman–Crippen MR) is 67.8 cm³/mol. The molecule has 1 aromatic rings. The molecule has 15 heavy (non-hydrogen) atoms. The van der Waals surface area contributed by atoms with Gasteiger partial charge in [0.25, 0.3) is 0 Å². The first kappa shape index (κ1) is 11.3. The Balaban J connectivity index is 2.81.